The maximum atomic E-state index is 11.2. The van der Waals surface area contributed by atoms with Gasteiger partial charge in [0.15, 0.2) is 0 Å². The van der Waals surface area contributed by atoms with Gasteiger partial charge in [0.05, 0.1) is 5.92 Å². The third-order valence-corrected chi connectivity index (χ3v) is 2.73. The van der Waals surface area contributed by atoms with E-state index in [1.807, 2.05) is 0 Å². The Balaban J connectivity index is 5.77. The zero-order valence-electron chi connectivity index (χ0n) is 9.75. The molecule has 18 heavy (non-hydrogen) atoms. The van der Waals surface area contributed by atoms with E-state index in [2.05, 4.69) is 0 Å². The second-order valence-electron chi connectivity index (χ2n) is 3.82. The summed E-state index contributed by atoms with van der Waals surface area (Å²) in [6, 6.07) is 0. The van der Waals surface area contributed by atoms with Gasteiger partial charge in [-0.15, -0.1) is 0 Å². The molecule has 0 aliphatic rings. The van der Waals surface area contributed by atoms with Gasteiger partial charge in [-0.3, -0.25) is 19.2 Å². The van der Waals surface area contributed by atoms with Gasteiger partial charge in [-0.2, -0.15) is 0 Å². The second-order valence-corrected chi connectivity index (χ2v) is 3.82. The largest absolute Gasteiger partial charge is 0.481 e. The van der Waals surface area contributed by atoms with Crippen molar-refractivity contribution < 1.29 is 34.5 Å². The number of carbonyl (C=O) groups is 4. The van der Waals surface area contributed by atoms with E-state index in [-0.39, 0.29) is 12.8 Å². The minimum Gasteiger partial charge on any atom is -0.481 e. The predicted octanol–water partition coefficient (Wildman–Crippen LogP) is -0.482. The van der Waals surface area contributed by atoms with E-state index in [9.17, 15) is 19.2 Å². The maximum absolute atomic E-state index is 11.2. The van der Waals surface area contributed by atoms with Gasteiger partial charge in [-0.25, -0.2) is 0 Å². The van der Waals surface area contributed by atoms with Gasteiger partial charge >= 0.3 is 17.9 Å². The van der Waals surface area contributed by atoms with E-state index in [1.165, 1.54) is 0 Å². The number of carbonyl (C=O) groups excluding carboxylic acids is 1. The number of aliphatic carboxylic acids is 3. The Bertz CT molecular complexity index is 340. The van der Waals surface area contributed by atoms with Crippen LogP contribution in [0.15, 0.2) is 0 Å². The molecule has 102 valence electrons. The van der Waals surface area contributed by atoms with Gasteiger partial charge in [0.2, 0.25) is 5.91 Å². The van der Waals surface area contributed by atoms with Gasteiger partial charge in [-0.1, -0.05) is 19.8 Å². The summed E-state index contributed by atoms with van der Waals surface area (Å²) in [6.45, 7) is 1.71. The van der Waals surface area contributed by atoms with Crippen molar-refractivity contribution in [2.24, 2.45) is 17.1 Å². The molecule has 0 aromatic heterocycles. The highest BCUT2D eigenvalue weighted by molar-refractivity contribution is 6.20. The van der Waals surface area contributed by atoms with Crippen LogP contribution in [0.1, 0.15) is 26.2 Å². The summed E-state index contributed by atoms with van der Waals surface area (Å²) in [6.07, 6.45) is 0.539. The number of amides is 1. The molecule has 0 saturated carbocycles. The fraction of sp³-hybridized carbons (Fsp3) is 0.600. The Kier molecular flexibility index (Phi) is 5.28. The summed E-state index contributed by atoms with van der Waals surface area (Å²) in [5.41, 5.74) is 1.68. The van der Waals surface area contributed by atoms with E-state index in [1.54, 1.807) is 6.92 Å². The van der Waals surface area contributed by atoms with E-state index in [4.69, 9.17) is 21.1 Å². The molecule has 1 amide bonds. The Hall–Kier alpha value is -2.12. The first-order valence-electron chi connectivity index (χ1n) is 5.22. The lowest BCUT2D eigenvalue weighted by molar-refractivity contribution is -0.179. The number of nitrogens with two attached hydrogens (primary N) is 1. The van der Waals surface area contributed by atoms with Gasteiger partial charge in [0.25, 0.3) is 5.41 Å². The summed E-state index contributed by atoms with van der Waals surface area (Å²) in [5, 5.41) is 26.8. The lowest BCUT2D eigenvalue weighted by atomic mass is 9.72. The first kappa shape index (κ1) is 15.9. The molecule has 0 saturated heterocycles. The number of hydrogen-bond acceptors (Lipinski definition) is 4. The SMILES string of the molecule is CCCCC(C(=O)O)C(C(N)=O)(C(=O)O)C(=O)O. The van der Waals surface area contributed by atoms with E-state index < -0.39 is 35.1 Å². The molecular weight excluding hydrogens is 246 g/mol. The summed E-state index contributed by atoms with van der Waals surface area (Å²) >= 11 is 0. The topological polar surface area (TPSA) is 155 Å². The van der Waals surface area contributed by atoms with Crippen molar-refractivity contribution in [3.63, 3.8) is 0 Å². The molecule has 0 heterocycles. The summed E-state index contributed by atoms with van der Waals surface area (Å²) in [5.74, 6) is -9.39. The third-order valence-electron chi connectivity index (χ3n) is 2.73. The fourth-order valence-electron chi connectivity index (χ4n) is 1.71. The van der Waals surface area contributed by atoms with Gasteiger partial charge in [0, 0.05) is 0 Å². The highest BCUT2D eigenvalue weighted by Gasteiger charge is 2.61. The van der Waals surface area contributed by atoms with Gasteiger partial charge in [0.1, 0.15) is 0 Å². The average Bonchev–Trinajstić information content (AvgIpc) is 2.21. The number of carboxylic acid groups (broad SMARTS) is 3. The maximum Gasteiger partial charge on any atom is 0.331 e. The van der Waals surface area contributed by atoms with Crippen molar-refractivity contribution in [1.82, 2.24) is 0 Å². The van der Waals surface area contributed by atoms with Crippen LogP contribution in [0.5, 0.6) is 0 Å². The smallest absolute Gasteiger partial charge is 0.331 e. The zero-order chi connectivity index (χ0) is 14.5. The van der Waals surface area contributed by atoms with Crippen LogP contribution < -0.4 is 5.73 Å². The Morgan fingerprint density at radius 2 is 1.56 bits per heavy atom. The number of hydrogen-bond donors (Lipinski definition) is 4. The molecular formula is C10H15NO7. The average molecular weight is 261 g/mol. The van der Waals surface area contributed by atoms with Crippen LogP contribution in [0.3, 0.4) is 0 Å². The normalized spacial score (nSPS) is 12.7. The molecule has 0 rings (SSSR count). The molecule has 1 unspecified atom stereocenters. The molecule has 0 aromatic rings. The van der Waals surface area contributed by atoms with Gasteiger partial charge in [-0.05, 0) is 6.42 Å². The highest BCUT2D eigenvalue weighted by Crippen LogP contribution is 2.33. The number of primary amides is 1. The van der Waals surface area contributed by atoms with Crippen molar-refractivity contribution in [3.8, 4) is 0 Å². The molecule has 8 nitrogen and oxygen atoms in total. The highest BCUT2D eigenvalue weighted by atomic mass is 16.4. The molecule has 1 atom stereocenters. The van der Waals surface area contributed by atoms with Crippen LogP contribution in [0.4, 0.5) is 0 Å². The number of rotatable bonds is 8. The molecule has 0 radical (unpaired) electrons. The first-order valence-corrected chi connectivity index (χ1v) is 5.22. The van der Waals surface area contributed by atoms with Crippen LogP contribution in [-0.2, 0) is 19.2 Å². The van der Waals surface area contributed by atoms with Gasteiger partial charge < -0.3 is 21.1 Å². The van der Waals surface area contributed by atoms with Crippen molar-refractivity contribution in [1.29, 1.82) is 0 Å². The lowest BCUT2D eigenvalue weighted by Gasteiger charge is -2.27. The van der Waals surface area contributed by atoms with Crippen molar-refractivity contribution in [2.75, 3.05) is 0 Å². The Morgan fingerprint density at radius 3 is 1.78 bits per heavy atom. The molecule has 0 aliphatic heterocycles. The van der Waals surface area contributed by atoms with Crippen molar-refractivity contribution >= 4 is 23.8 Å². The zero-order valence-corrected chi connectivity index (χ0v) is 9.75. The molecule has 0 bridgehead atoms. The standard InChI is InChI=1S/C10H15NO7/c1-2-3-4-5(6(12)13)10(7(11)14,8(15)16)9(17)18/h5H,2-4H2,1H3,(H2,11,14)(H,12,13)(H,15,16)(H,17,18). The van der Waals surface area contributed by atoms with Crippen LogP contribution in [0, 0.1) is 11.3 Å². The Labute approximate surface area is 102 Å². The van der Waals surface area contributed by atoms with Crippen LogP contribution >= 0.6 is 0 Å². The minimum atomic E-state index is -3.14. The summed E-state index contributed by atoms with van der Waals surface area (Å²) < 4.78 is 0. The molecule has 0 fully saturated rings. The van der Waals surface area contributed by atoms with E-state index in [0.717, 1.165) is 0 Å². The summed E-state index contributed by atoms with van der Waals surface area (Å²) in [7, 11) is 0. The molecule has 0 aliphatic carbocycles. The minimum absolute atomic E-state index is 0.257. The monoisotopic (exact) mass is 261 g/mol. The molecule has 8 heteroatoms. The molecule has 0 spiro atoms. The third kappa shape index (κ3) is 2.58. The van der Waals surface area contributed by atoms with E-state index in [0.29, 0.717) is 6.42 Å². The lowest BCUT2D eigenvalue weighted by Crippen LogP contribution is -2.57. The predicted molar refractivity (Wildman–Crippen MR) is 57.5 cm³/mol. The number of unbranched alkanes of at least 4 members (excludes halogenated alkanes) is 1. The quantitative estimate of drug-likeness (QED) is 0.430. The number of carboxylic acids is 3. The van der Waals surface area contributed by atoms with Crippen molar-refractivity contribution in [3.05, 3.63) is 0 Å². The molecule has 5 N–H and O–H groups in total. The Morgan fingerprint density at radius 1 is 1.11 bits per heavy atom. The first-order chi connectivity index (χ1) is 8.22. The van der Waals surface area contributed by atoms with E-state index >= 15 is 0 Å². The molecule has 0 aromatic carbocycles. The van der Waals surface area contributed by atoms with Crippen LogP contribution in [0.2, 0.25) is 0 Å². The van der Waals surface area contributed by atoms with Crippen molar-refractivity contribution in [2.45, 2.75) is 26.2 Å². The van der Waals surface area contributed by atoms with Crippen LogP contribution in [-0.4, -0.2) is 39.1 Å². The fourth-order valence-corrected chi connectivity index (χ4v) is 1.71. The summed E-state index contributed by atoms with van der Waals surface area (Å²) in [4.78, 5) is 44.4. The second kappa shape index (κ2) is 5.99. The van der Waals surface area contributed by atoms with Crippen LogP contribution in [0.25, 0.3) is 0 Å².